The van der Waals surface area contributed by atoms with Crippen molar-refractivity contribution in [3.05, 3.63) is 53.4 Å². The third-order valence-electron chi connectivity index (χ3n) is 4.52. The quantitative estimate of drug-likeness (QED) is 0.548. The number of amides is 1. The number of anilines is 1. The van der Waals surface area contributed by atoms with Crippen molar-refractivity contribution in [1.82, 2.24) is 24.4 Å². The van der Waals surface area contributed by atoms with Gasteiger partial charge < -0.3 is 10.4 Å². The molecule has 0 atom stereocenters. The molecule has 9 nitrogen and oxygen atoms in total. The molecule has 4 aromatic heterocycles. The molecule has 10 heteroatoms. The first-order chi connectivity index (χ1) is 13.3. The molecule has 0 aromatic carbocycles. The van der Waals surface area contributed by atoms with Crippen LogP contribution in [0.5, 0.6) is 0 Å². The summed E-state index contributed by atoms with van der Waals surface area (Å²) in [6.45, 7) is 3.67. The molecule has 2 N–H and O–H groups in total. The van der Waals surface area contributed by atoms with E-state index < -0.39 is 5.97 Å². The van der Waals surface area contributed by atoms with Crippen molar-refractivity contribution in [3.8, 4) is 10.4 Å². The van der Waals surface area contributed by atoms with Crippen LogP contribution in [0, 0.1) is 13.8 Å². The molecule has 28 heavy (non-hydrogen) atoms. The first-order valence-electron chi connectivity index (χ1n) is 8.32. The van der Waals surface area contributed by atoms with E-state index in [9.17, 15) is 9.59 Å². The average molecular weight is 396 g/mol. The Balaban J connectivity index is 1.68. The maximum absolute atomic E-state index is 12.8. The van der Waals surface area contributed by atoms with Crippen LogP contribution in [0.2, 0.25) is 0 Å². The van der Waals surface area contributed by atoms with Crippen LogP contribution < -0.4 is 5.32 Å². The normalized spacial score (nSPS) is 11.1. The van der Waals surface area contributed by atoms with E-state index in [0.717, 1.165) is 16.1 Å². The van der Waals surface area contributed by atoms with Crippen molar-refractivity contribution in [3.63, 3.8) is 0 Å². The van der Waals surface area contributed by atoms with Crippen LogP contribution in [0.1, 0.15) is 32.1 Å². The van der Waals surface area contributed by atoms with Crippen molar-refractivity contribution in [2.75, 3.05) is 5.32 Å². The van der Waals surface area contributed by atoms with Gasteiger partial charge in [0.1, 0.15) is 4.83 Å². The molecule has 0 fully saturated rings. The Morgan fingerprint density at radius 3 is 2.64 bits per heavy atom. The maximum Gasteiger partial charge on any atom is 0.337 e. The minimum atomic E-state index is -1.11. The van der Waals surface area contributed by atoms with E-state index >= 15 is 0 Å². The fourth-order valence-corrected chi connectivity index (χ4v) is 3.89. The second-order valence-corrected chi connectivity index (χ2v) is 7.32. The molecule has 0 unspecified atom stereocenters. The third kappa shape index (κ3) is 2.93. The Kier molecular flexibility index (Phi) is 4.19. The topological polar surface area (TPSA) is 114 Å². The number of aryl methyl sites for hydroxylation is 2. The number of thiazole rings is 1. The number of pyridine rings is 1. The van der Waals surface area contributed by atoms with Gasteiger partial charge in [-0.15, -0.1) is 11.3 Å². The standard InChI is InChI=1S/C18H16N6O3S/c1-9-14(4-11(5-19-9)18(26)27)22-16(25)13-7-21-24-8-15(28-17(13)24)12-6-20-23(3)10(12)2/h4-8H,1-3H3,(H,22,25)(H,26,27). The number of hydrogen-bond donors (Lipinski definition) is 2. The maximum atomic E-state index is 12.8. The lowest BCUT2D eigenvalue weighted by Crippen LogP contribution is -2.13. The highest BCUT2D eigenvalue weighted by molar-refractivity contribution is 7.21. The van der Waals surface area contributed by atoms with E-state index in [1.807, 2.05) is 20.2 Å². The smallest absolute Gasteiger partial charge is 0.337 e. The average Bonchev–Trinajstić information content (AvgIpc) is 3.31. The molecule has 0 aliphatic rings. The van der Waals surface area contributed by atoms with E-state index in [4.69, 9.17) is 5.11 Å². The number of nitrogens with one attached hydrogen (secondary N) is 1. The summed E-state index contributed by atoms with van der Waals surface area (Å²) in [5, 5.41) is 20.4. The first-order valence-corrected chi connectivity index (χ1v) is 9.14. The molecular weight excluding hydrogens is 380 g/mol. The SMILES string of the molecule is Cc1ncc(C(=O)O)cc1NC(=O)c1cnn2cc(-c3cnn(C)c3C)sc12. The van der Waals surface area contributed by atoms with Crippen LogP contribution in [0.15, 0.2) is 30.9 Å². The highest BCUT2D eigenvalue weighted by Gasteiger charge is 2.19. The van der Waals surface area contributed by atoms with Gasteiger partial charge in [0.25, 0.3) is 5.91 Å². The Morgan fingerprint density at radius 1 is 1.18 bits per heavy atom. The predicted octanol–water partition coefficient (Wildman–Crippen LogP) is 2.76. The van der Waals surface area contributed by atoms with Gasteiger partial charge in [0.05, 0.1) is 39.8 Å². The lowest BCUT2D eigenvalue weighted by Gasteiger charge is -2.07. The Bertz CT molecular complexity index is 1240. The highest BCUT2D eigenvalue weighted by Crippen LogP contribution is 2.32. The van der Waals surface area contributed by atoms with Gasteiger partial charge in [-0.25, -0.2) is 9.31 Å². The molecule has 0 aliphatic heterocycles. The van der Waals surface area contributed by atoms with Gasteiger partial charge in [-0.05, 0) is 19.9 Å². The van der Waals surface area contributed by atoms with E-state index in [1.165, 1.54) is 29.8 Å². The lowest BCUT2D eigenvalue weighted by molar-refractivity contribution is 0.0696. The predicted molar refractivity (Wildman–Crippen MR) is 104 cm³/mol. The number of hydrogen-bond acceptors (Lipinski definition) is 6. The van der Waals surface area contributed by atoms with Crippen LogP contribution in [0.25, 0.3) is 15.3 Å². The molecule has 0 spiro atoms. The zero-order valence-electron chi connectivity index (χ0n) is 15.3. The number of nitrogens with zero attached hydrogens (tertiary/aromatic N) is 5. The monoisotopic (exact) mass is 396 g/mol. The van der Waals surface area contributed by atoms with Gasteiger partial charge in [0, 0.05) is 30.7 Å². The summed E-state index contributed by atoms with van der Waals surface area (Å²) >= 11 is 1.44. The van der Waals surface area contributed by atoms with Crippen molar-refractivity contribution < 1.29 is 14.7 Å². The number of aromatic nitrogens is 5. The fourth-order valence-electron chi connectivity index (χ4n) is 2.77. The van der Waals surface area contributed by atoms with E-state index in [-0.39, 0.29) is 11.5 Å². The van der Waals surface area contributed by atoms with E-state index in [2.05, 4.69) is 20.5 Å². The molecule has 142 valence electrons. The zero-order valence-corrected chi connectivity index (χ0v) is 16.1. The van der Waals surface area contributed by atoms with Gasteiger partial charge in [-0.3, -0.25) is 14.5 Å². The molecule has 0 saturated heterocycles. The van der Waals surface area contributed by atoms with Crippen molar-refractivity contribution in [2.45, 2.75) is 13.8 Å². The highest BCUT2D eigenvalue weighted by atomic mass is 32.1. The minimum Gasteiger partial charge on any atom is -0.478 e. The van der Waals surface area contributed by atoms with Gasteiger partial charge in [0.15, 0.2) is 0 Å². The Morgan fingerprint density at radius 2 is 1.96 bits per heavy atom. The van der Waals surface area contributed by atoms with Crippen LogP contribution in [-0.4, -0.2) is 41.4 Å². The molecule has 4 aromatic rings. The van der Waals surface area contributed by atoms with Crippen LogP contribution >= 0.6 is 11.3 Å². The number of carboxylic acids is 1. The van der Waals surface area contributed by atoms with Gasteiger partial charge in [-0.2, -0.15) is 10.2 Å². The minimum absolute atomic E-state index is 0.00603. The number of carbonyl (C=O) groups excluding carboxylic acids is 1. The molecule has 4 rings (SSSR count). The summed E-state index contributed by atoms with van der Waals surface area (Å²) in [6.07, 6.45) is 6.39. The fraction of sp³-hybridized carbons (Fsp3) is 0.167. The number of aromatic carboxylic acids is 1. The molecule has 0 bridgehead atoms. The second kappa shape index (κ2) is 6.57. The van der Waals surface area contributed by atoms with Crippen molar-refractivity contribution >= 4 is 33.7 Å². The molecular formula is C18H16N6O3S. The number of fused-ring (bicyclic) bond motifs is 1. The third-order valence-corrected chi connectivity index (χ3v) is 5.67. The largest absolute Gasteiger partial charge is 0.478 e. The van der Waals surface area contributed by atoms with Crippen molar-refractivity contribution in [1.29, 1.82) is 0 Å². The summed E-state index contributed by atoms with van der Waals surface area (Å²) in [5.41, 5.74) is 3.29. The first kappa shape index (κ1) is 17.9. The van der Waals surface area contributed by atoms with E-state index in [1.54, 1.807) is 22.3 Å². The van der Waals surface area contributed by atoms with Crippen LogP contribution in [0.3, 0.4) is 0 Å². The molecule has 0 saturated carbocycles. The molecule has 0 aliphatic carbocycles. The summed E-state index contributed by atoms with van der Waals surface area (Å²) in [4.78, 5) is 29.6. The van der Waals surface area contributed by atoms with Gasteiger partial charge >= 0.3 is 5.97 Å². The Hall–Kier alpha value is -3.53. The molecule has 4 heterocycles. The van der Waals surface area contributed by atoms with Crippen LogP contribution in [-0.2, 0) is 7.05 Å². The van der Waals surface area contributed by atoms with Crippen LogP contribution in [0.4, 0.5) is 5.69 Å². The number of carbonyl (C=O) groups is 2. The molecule has 0 radical (unpaired) electrons. The lowest BCUT2D eigenvalue weighted by atomic mass is 10.2. The number of rotatable bonds is 4. The summed E-state index contributed by atoms with van der Waals surface area (Å²) in [7, 11) is 1.87. The van der Waals surface area contributed by atoms with Crippen molar-refractivity contribution in [2.24, 2.45) is 7.05 Å². The summed E-state index contributed by atoms with van der Waals surface area (Å²) < 4.78 is 3.44. The zero-order chi connectivity index (χ0) is 20.0. The van der Waals surface area contributed by atoms with Gasteiger partial charge in [-0.1, -0.05) is 0 Å². The number of carboxylic acid groups (broad SMARTS) is 1. The summed E-state index contributed by atoms with van der Waals surface area (Å²) in [5.74, 6) is -1.48. The van der Waals surface area contributed by atoms with E-state index in [0.29, 0.717) is 21.8 Å². The summed E-state index contributed by atoms with van der Waals surface area (Å²) in [6, 6.07) is 1.39. The second-order valence-electron chi connectivity index (χ2n) is 6.29. The molecule has 1 amide bonds. The Labute approximate surface area is 163 Å². The van der Waals surface area contributed by atoms with Gasteiger partial charge in [0.2, 0.25) is 0 Å².